The molecule has 6 N–H and O–H groups in total. The van der Waals surface area contributed by atoms with Crippen LogP contribution < -0.4 is 17.2 Å². The van der Waals surface area contributed by atoms with Crippen molar-refractivity contribution in [3.63, 3.8) is 0 Å². The monoisotopic (exact) mass is 250 g/mol. The zero-order chi connectivity index (χ0) is 11.4. The largest absolute Gasteiger partial charge is 0.389 e. The molecule has 0 aromatic heterocycles. The Bertz CT molecular complexity index is 280. The molecule has 1 aliphatic heterocycles. The number of hydrogen-bond acceptors (Lipinski definition) is 4. The lowest BCUT2D eigenvalue weighted by atomic mass is 10.2. The van der Waals surface area contributed by atoms with E-state index in [-0.39, 0.29) is 16.4 Å². The van der Waals surface area contributed by atoms with Crippen molar-refractivity contribution in [2.45, 2.75) is 18.9 Å². The van der Waals surface area contributed by atoms with Gasteiger partial charge in [0, 0.05) is 19.1 Å². The van der Waals surface area contributed by atoms with Crippen molar-refractivity contribution >= 4 is 23.2 Å². The summed E-state index contributed by atoms with van der Waals surface area (Å²) in [5.41, 5.74) is 17.3. The van der Waals surface area contributed by atoms with Crippen LogP contribution in [0.15, 0.2) is 22.1 Å². The minimum atomic E-state index is 0.163. The maximum Gasteiger partial charge on any atom is 0.123 e. The van der Waals surface area contributed by atoms with Crippen LogP contribution in [0.4, 0.5) is 0 Å². The number of halogens is 2. The van der Waals surface area contributed by atoms with Gasteiger partial charge in [-0.15, -0.1) is 0 Å². The van der Waals surface area contributed by atoms with Crippen molar-refractivity contribution in [1.82, 2.24) is 4.90 Å². The van der Waals surface area contributed by atoms with Crippen molar-refractivity contribution in [1.29, 1.82) is 0 Å². The van der Waals surface area contributed by atoms with E-state index in [1.54, 1.807) is 6.08 Å². The minimum Gasteiger partial charge on any atom is -0.389 e. The molecule has 1 aliphatic rings. The van der Waals surface area contributed by atoms with Crippen LogP contribution in [-0.2, 0) is 0 Å². The Balaban J connectivity index is 2.91. The topological polar surface area (TPSA) is 81.3 Å². The van der Waals surface area contributed by atoms with Crippen LogP contribution >= 0.6 is 23.2 Å². The predicted molar refractivity (Wildman–Crippen MR) is 64.0 cm³/mol. The van der Waals surface area contributed by atoms with E-state index >= 15 is 0 Å². The van der Waals surface area contributed by atoms with Crippen LogP contribution in [0.2, 0.25) is 0 Å². The molecule has 1 unspecified atom stereocenters. The summed E-state index contributed by atoms with van der Waals surface area (Å²) in [4.78, 5) is 2.05. The number of allylic oxidation sites excluding steroid dienone is 1. The summed E-state index contributed by atoms with van der Waals surface area (Å²) < 4.78 is 0. The van der Waals surface area contributed by atoms with E-state index in [4.69, 9.17) is 40.4 Å². The Labute approximate surface area is 99.7 Å². The number of hydrogen-bond donors (Lipinski definition) is 3. The molecule has 6 heteroatoms. The first-order valence-electron chi connectivity index (χ1n) is 4.81. The van der Waals surface area contributed by atoms with Crippen molar-refractivity contribution in [3.8, 4) is 0 Å². The Hall–Kier alpha value is -0.580. The smallest absolute Gasteiger partial charge is 0.123 e. The molecular weight excluding hydrogens is 235 g/mol. The average molecular weight is 251 g/mol. The van der Waals surface area contributed by atoms with Gasteiger partial charge in [-0.05, 0) is 18.9 Å². The first kappa shape index (κ1) is 12.5. The predicted octanol–water partition coefficient (Wildman–Crippen LogP) is 0.815. The van der Waals surface area contributed by atoms with E-state index in [0.717, 1.165) is 19.4 Å². The normalized spacial score (nSPS) is 24.3. The van der Waals surface area contributed by atoms with Gasteiger partial charge in [-0.1, -0.05) is 23.2 Å². The zero-order valence-electron chi connectivity index (χ0n) is 8.42. The molecule has 0 amide bonds. The molecular formula is C9H16Cl2N4. The molecule has 0 spiro atoms. The number of rotatable bonds is 3. The molecule has 1 saturated heterocycles. The second-order valence-electron chi connectivity index (χ2n) is 3.49. The van der Waals surface area contributed by atoms with Gasteiger partial charge in [-0.25, -0.2) is 0 Å². The number of likely N-dealkylation sites (tertiary alicyclic amines) is 1. The molecule has 0 aliphatic carbocycles. The highest BCUT2D eigenvalue weighted by atomic mass is 35.5. The summed E-state index contributed by atoms with van der Waals surface area (Å²) in [5, 5.41) is 0.357. The lowest BCUT2D eigenvalue weighted by Crippen LogP contribution is -2.35. The third-order valence-electron chi connectivity index (χ3n) is 2.48. The van der Waals surface area contributed by atoms with E-state index in [2.05, 4.69) is 4.90 Å². The molecule has 86 valence electrons. The van der Waals surface area contributed by atoms with Gasteiger partial charge in [0.05, 0.1) is 5.70 Å². The summed E-state index contributed by atoms with van der Waals surface area (Å²) in [6.07, 6.45) is 3.68. The summed E-state index contributed by atoms with van der Waals surface area (Å²) >= 11 is 11.4. The standard InChI is InChI=1S/C9H16Cl2N4/c10-8(13)4-7(9(11)14)15-3-1-2-6(15)5-12/h4,6H,1-3,5,12-14H2/b8-4-,9-7+. The van der Waals surface area contributed by atoms with Crippen LogP contribution in [0.5, 0.6) is 0 Å². The van der Waals surface area contributed by atoms with E-state index in [1.165, 1.54) is 0 Å². The quantitative estimate of drug-likeness (QED) is 0.512. The van der Waals surface area contributed by atoms with Gasteiger partial charge in [0.2, 0.25) is 0 Å². The molecule has 0 aromatic carbocycles. The maximum absolute atomic E-state index is 5.81. The SMILES string of the molecule is NCC1CCCN1C(/C=C(\N)Cl)=C(/N)Cl. The highest BCUT2D eigenvalue weighted by molar-refractivity contribution is 6.30. The van der Waals surface area contributed by atoms with Gasteiger partial charge in [0.15, 0.2) is 0 Å². The first-order chi connectivity index (χ1) is 7.06. The van der Waals surface area contributed by atoms with E-state index in [0.29, 0.717) is 12.2 Å². The van der Waals surface area contributed by atoms with Crippen LogP contribution in [0.1, 0.15) is 12.8 Å². The summed E-state index contributed by atoms with van der Waals surface area (Å²) in [7, 11) is 0. The Morgan fingerprint density at radius 1 is 1.40 bits per heavy atom. The fourth-order valence-electron chi connectivity index (χ4n) is 1.82. The van der Waals surface area contributed by atoms with Crippen molar-refractivity contribution in [2.24, 2.45) is 17.2 Å². The van der Waals surface area contributed by atoms with Crippen molar-refractivity contribution in [3.05, 3.63) is 22.1 Å². The molecule has 1 heterocycles. The number of nitrogens with two attached hydrogens (primary N) is 3. The van der Waals surface area contributed by atoms with E-state index in [9.17, 15) is 0 Å². The van der Waals surface area contributed by atoms with Crippen LogP contribution in [-0.4, -0.2) is 24.0 Å². The number of nitrogens with zero attached hydrogens (tertiary/aromatic N) is 1. The highest BCUT2D eigenvalue weighted by Gasteiger charge is 2.25. The van der Waals surface area contributed by atoms with E-state index < -0.39 is 0 Å². The van der Waals surface area contributed by atoms with Crippen LogP contribution in [0.3, 0.4) is 0 Å². The average Bonchev–Trinajstić information content (AvgIpc) is 2.60. The molecule has 0 bridgehead atoms. The van der Waals surface area contributed by atoms with Gasteiger partial charge in [0.25, 0.3) is 0 Å². The molecule has 1 rings (SSSR count). The molecule has 0 radical (unpaired) electrons. The highest BCUT2D eigenvalue weighted by Crippen LogP contribution is 2.25. The summed E-state index contributed by atoms with van der Waals surface area (Å²) in [5.74, 6) is 0. The second kappa shape index (κ2) is 5.49. The van der Waals surface area contributed by atoms with Crippen molar-refractivity contribution < 1.29 is 0 Å². The fraction of sp³-hybridized carbons (Fsp3) is 0.556. The Morgan fingerprint density at radius 2 is 2.07 bits per heavy atom. The Morgan fingerprint density at radius 3 is 2.53 bits per heavy atom. The van der Waals surface area contributed by atoms with Gasteiger partial charge < -0.3 is 22.1 Å². The van der Waals surface area contributed by atoms with Crippen molar-refractivity contribution in [2.75, 3.05) is 13.1 Å². The summed E-state index contributed by atoms with van der Waals surface area (Å²) in [6, 6.07) is 0.268. The second-order valence-corrected chi connectivity index (χ2v) is 4.33. The Kier molecular flexibility index (Phi) is 4.57. The molecule has 0 saturated carbocycles. The van der Waals surface area contributed by atoms with Gasteiger partial charge >= 0.3 is 0 Å². The van der Waals surface area contributed by atoms with Gasteiger partial charge in [-0.3, -0.25) is 0 Å². The fourth-order valence-corrected chi connectivity index (χ4v) is 2.08. The summed E-state index contributed by atoms with van der Waals surface area (Å²) in [6.45, 7) is 1.45. The lowest BCUT2D eigenvalue weighted by molar-refractivity contribution is 0.334. The lowest BCUT2D eigenvalue weighted by Gasteiger charge is -2.27. The third-order valence-corrected chi connectivity index (χ3v) is 2.78. The molecule has 0 aromatic rings. The van der Waals surface area contributed by atoms with Crippen LogP contribution in [0.25, 0.3) is 0 Å². The zero-order valence-corrected chi connectivity index (χ0v) is 9.93. The van der Waals surface area contributed by atoms with Gasteiger partial charge in [-0.2, -0.15) is 0 Å². The molecule has 15 heavy (non-hydrogen) atoms. The molecule has 4 nitrogen and oxygen atoms in total. The maximum atomic E-state index is 5.81. The first-order valence-corrected chi connectivity index (χ1v) is 5.56. The van der Waals surface area contributed by atoms with E-state index in [1.807, 2.05) is 0 Å². The minimum absolute atomic E-state index is 0.163. The third kappa shape index (κ3) is 3.19. The van der Waals surface area contributed by atoms with Gasteiger partial charge in [0.1, 0.15) is 10.3 Å². The molecule has 1 atom stereocenters. The molecule has 1 fully saturated rings. The van der Waals surface area contributed by atoms with Crippen LogP contribution in [0, 0.1) is 0 Å².